The molecule has 1 unspecified atom stereocenters. The highest BCUT2D eigenvalue weighted by Gasteiger charge is 2.43. The van der Waals surface area contributed by atoms with Crippen molar-refractivity contribution in [2.24, 2.45) is 0 Å². The van der Waals surface area contributed by atoms with Gasteiger partial charge in [0, 0.05) is 42.7 Å². The molecule has 4 aliphatic rings. The first-order valence-electron chi connectivity index (χ1n) is 17.2. The summed E-state index contributed by atoms with van der Waals surface area (Å²) in [6.07, 6.45) is 7.84. The number of nitrogens with zero attached hydrogens (tertiary/aromatic N) is 6. The quantitative estimate of drug-likeness (QED) is 0.440. The maximum atomic E-state index is 13.1. The number of anilines is 1. The van der Waals surface area contributed by atoms with E-state index in [1.165, 1.54) is 17.5 Å². The minimum atomic E-state index is -0.613. The largest absolute Gasteiger partial charge is 0.508 e. The number of amides is 1. The van der Waals surface area contributed by atoms with Crippen LogP contribution in [0.25, 0.3) is 0 Å². The number of piperazine rings is 1. The number of phenols is 1. The average molecular weight is 631 g/mol. The van der Waals surface area contributed by atoms with Gasteiger partial charge in [-0.15, -0.1) is 0 Å². The molecule has 0 radical (unpaired) electrons. The van der Waals surface area contributed by atoms with Gasteiger partial charge >= 0.3 is 12.1 Å². The molecule has 3 atom stereocenters. The number of aromatic hydroxyl groups is 1. The molecule has 10 nitrogen and oxygen atoms in total. The van der Waals surface area contributed by atoms with Gasteiger partial charge in [0.25, 0.3) is 0 Å². The van der Waals surface area contributed by atoms with Gasteiger partial charge < -0.3 is 24.4 Å². The smallest absolute Gasteiger partial charge is 0.410 e. The minimum absolute atomic E-state index is 0.0825. The second-order valence-electron chi connectivity index (χ2n) is 15.0. The van der Waals surface area contributed by atoms with Crippen molar-refractivity contribution < 1.29 is 19.4 Å². The molecule has 0 bridgehead atoms. The van der Waals surface area contributed by atoms with E-state index in [4.69, 9.17) is 19.4 Å². The molecule has 2 saturated heterocycles. The molecule has 1 amide bonds. The first kappa shape index (κ1) is 32.4. The van der Waals surface area contributed by atoms with Crippen molar-refractivity contribution in [1.82, 2.24) is 19.8 Å². The maximum absolute atomic E-state index is 13.1. The summed E-state index contributed by atoms with van der Waals surface area (Å²) in [7, 11) is 0. The highest BCUT2D eigenvalue weighted by Crippen LogP contribution is 2.48. The lowest BCUT2D eigenvalue weighted by Crippen LogP contribution is -2.56. The topological polar surface area (TPSA) is 115 Å². The van der Waals surface area contributed by atoms with Crippen molar-refractivity contribution in [2.45, 2.75) is 122 Å². The molecular weight excluding hydrogens is 580 g/mol. The van der Waals surface area contributed by atoms with Crippen LogP contribution in [-0.2, 0) is 29.4 Å². The van der Waals surface area contributed by atoms with Crippen LogP contribution < -0.4 is 9.64 Å². The maximum Gasteiger partial charge on any atom is 0.410 e. The van der Waals surface area contributed by atoms with E-state index in [1.54, 1.807) is 11.0 Å². The van der Waals surface area contributed by atoms with Crippen molar-refractivity contribution >= 4 is 11.9 Å². The van der Waals surface area contributed by atoms with Gasteiger partial charge in [-0.05, 0) is 116 Å². The van der Waals surface area contributed by atoms with Crippen LogP contribution in [0.2, 0.25) is 0 Å². The zero-order chi connectivity index (χ0) is 32.6. The lowest BCUT2D eigenvalue weighted by molar-refractivity contribution is 0.0144. The molecule has 3 heterocycles. The molecule has 248 valence electrons. The van der Waals surface area contributed by atoms with Crippen LogP contribution >= 0.6 is 0 Å². The standard InChI is InChI=1S/C36H50N6O4/c1-24(2)41-17-7-9-27(41)23-45-33-38-31-21-36(14-6-8-25-10-11-28(43)20-30(25)36)15-12-29(31)32(39-33)40-18-19-42(26(22-40)13-16-37)34(44)46-35(3,4)5/h10-11,20,24,26-27,43H,6-9,12-15,17-19,21-23H2,1-5H3/t26-,27-,36?/m0/s1. The summed E-state index contributed by atoms with van der Waals surface area (Å²) in [5.41, 5.74) is 4.04. The van der Waals surface area contributed by atoms with Crippen LogP contribution in [0.4, 0.5) is 10.6 Å². The monoisotopic (exact) mass is 630 g/mol. The molecule has 2 aliphatic heterocycles. The number of aromatic nitrogens is 2. The molecule has 0 saturated carbocycles. The molecule has 46 heavy (non-hydrogen) atoms. The molecule has 1 spiro atoms. The molecule has 2 fully saturated rings. The number of fused-ring (bicyclic) bond motifs is 3. The van der Waals surface area contributed by atoms with Gasteiger partial charge in [0.15, 0.2) is 0 Å². The van der Waals surface area contributed by atoms with E-state index in [0.29, 0.717) is 50.1 Å². The Morgan fingerprint density at radius 3 is 2.72 bits per heavy atom. The van der Waals surface area contributed by atoms with E-state index < -0.39 is 5.60 Å². The lowest BCUT2D eigenvalue weighted by atomic mass is 9.62. The Balaban J connectivity index is 1.33. The summed E-state index contributed by atoms with van der Waals surface area (Å²) in [6.45, 7) is 13.2. The van der Waals surface area contributed by atoms with Crippen molar-refractivity contribution in [1.29, 1.82) is 5.26 Å². The van der Waals surface area contributed by atoms with Crippen LogP contribution in [0.5, 0.6) is 11.8 Å². The number of carbonyl (C=O) groups excluding carboxylic acids is 1. The number of likely N-dealkylation sites (tertiary alicyclic amines) is 1. The van der Waals surface area contributed by atoms with Gasteiger partial charge in [-0.3, -0.25) is 4.90 Å². The number of phenolic OH excluding ortho intramolecular Hbond substituents is 1. The van der Waals surface area contributed by atoms with Crippen molar-refractivity contribution in [3.63, 3.8) is 0 Å². The third-order valence-electron chi connectivity index (χ3n) is 10.4. The van der Waals surface area contributed by atoms with Crippen LogP contribution in [0.15, 0.2) is 18.2 Å². The second kappa shape index (κ2) is 12.9. The van der Waals surface area contributed by atoms with Crippen molar-refractivity contribution in [3.8, 4) is 17.8 Å². The fraction of sp³-hybridized carbons (Fsp3) is 0.667. The first-order valence-corrected chi connectivity index (χ1v) is 17.2. The fourth-order valence-corrected chi connectivity index (χ4v) is 8.24. The molecule has 1 aromatic heterocycles. The fourth-order valence-electron chi connectivity index (χ4n) is 8.24. The number of benzene rings is 1. The van der Waals surface area contributed by atoms with Gasteiger partial charge in [-0.25, -0.2) is 4.79 Å². The Morgan fingerprint density at radius 2 is 1.96 bits per heavy atom. The van der Waals surface area contributed by atoms with Crippen molar-refractivity contribution in [3.05, 3.63) is 40.6 Å². The normalized spacial score (nSPS) is 24.9. The van der Waals surface area contributed by atoms with E-state index in [0.717, 1.165) is 68.6 Å². The minimum Gasteiger partial charge on any atom is -0.508 e. The van der Waals surface area contributed by atoms with Crippen LogP contribution in [0, 0.1) is 11.3 Å². The number of rotatable bonds is 6. The molecule has 6 rings (SSSR count). The van der Waals surface area contributed by atoms with E-state index in [-0.39, 0.29) is 24.0 Å². The zero-order valence-electron chi connectivity index (χ0n) is 28.2. The SMILES string of the molecule is CC(C)N1CCC[C@H]1COc1nc2c(c(N3CCN(C(=O)OC(C)(C)C)[C@@H](CC#N)C3)n1)CCC1(CCCc3ccc(O)cc31)C2. The molecule has 1 N–H and O–H groups in total. The Hall–Kier alpha value is -3.58. The molecular formula is C36H50N6O4. The second-order valence-corrected chi connectivity index (χ2v) is 15.0. The van der Waals surface area contributed by atoms with Crippen LogP contribution in [0.1, 0.15) is 95.5 Å². The highest BCUT2D eigenvalue weighted by atomic mass is 16.6. The summed E-state index contributed by atoms with van der Waals surface area (Å²) in [5.74, 6) is 1.18. The van der Waals surface area contributed by atoms with Gasteiger partial charge in [0.1, 0.15) is 23.8 Å². The molecule has 10 heteroatoms. The predicted molar refractivity (Wildman–Crippen MR) is 176 cm³/mol. The van der Waals surface area contributed by atoms with Gasteiger partial charge in [0.05, 0.1) is 24.2 Å². The highest BCUT2D eigenvalue weighted by molar-refractivity contribution is 5.69. The van der Waals surface area contributed by atoms with E-state index in [1.807, 2.05) is 26.8 Å². The molecule has 1 aromatic carbocycles. The summed E-state index contributed by atoms with van der Waals surface area (Å²) in [4.78, 5) is 29.7. The van der Waals surface area contributed by atoms with Crippen LogP contribution in [-0.4, -0.2) is 87.5 Å². The van der Waals surface area contributed by atoms with Gasteiger partial charge in [-0.2, -0.15) is 15.2 Å². The Kier molecular flexibility index (Phi) is 9.08. The Labute approximate surface area is 273 Å². The number of carbonyl (C=O) groups is 1. The summed E-state index contributed by atoms with van der Waals surface area (Å²) >= 11 is 0. The molecule has 2 aliphatic carbocycles. The number of hydrogen-bond donors (Lipinski definition) is 1. The van der Waals surface area contributed by atoms with Crippen molar-refractivity contribution in [2.75, 3.05) is 37.7 Å². The predicted octanol–water partition coefficient (Wildman–Crippen LogP) is 5.54. The first-order chi connectivity index (χ1) is 22.0. The summed E-state index contributed by atoms with van der Waals surface area (Å²) < 4.78 is 12.2. The number of hydrogen-bond acceptors (Lipinski definition) is 9. The Morgan fingerprint density at radius 1 is 1.13 bits per heavy atom. The molecule has 2 aromatic rings. The van der Waals surface area contributed by atoms with Gasteiger partial charge in [-0.1, -0.05) is 6.07 Å². The number of nitriles is 1. The number of aryl methyl sites for hydroxylation is 1. The lowest BCUT2D eigenvalue weighted by Gasteiger charge is -2.45. The van der Waals surface area contributed by atoms with E-state index in [9.17, 15) is 15.2 Å². The van der Waals surface area contributed by atoms with Crippen LogP contribution in [0.3, 0.4) is 0 Å². The Bertz CT molecular complexity index is 1480. The number of ether oxygens (including phenoxy) is 2. The summed E-state index contributed by atoms with van der Waals surface area (Å²) in [6, 6.07) is 9.03. The third-order valence-corrected chi connectivity index (χ3v) is 10.4. The zero-order valence-corrected chi connectivity index (χ0v) is 28.2. The average Bonchev–Trinajstić information content (AvgIpc) is 3.48. The van der Waals surface area contributed by atoms with E-state index >= 15 is 0 Å². The van der Waals surface area contributed by atoms with E-state index in [2.05, 4.69) is 35.8 Å². The summed E-state index contributed by atoms with van der Waals surface area (Å²) in [5, 5.41) is 20.2. The third kappa shape index (κ3) is 6.62. The van der Waals surface area contributed by atoms with Gasteiger partial charge in [0.2, 0.25) is 0 Å².